The smallest absolute Gasteiger partial charge is 0.227 e. The lowest BCUT2D eigenvalue weighted by molar-refractivity contribution is -0.137. The minimum absolute atomic E-state index is 0.191. The van der Waals surface area contributed by atoms with Crippen LogP contribution in [-0.2, 0) is 11.3 Å². The van der Waals surface area contributed by atoms with Gasteiger partial charge in [-0.2, -0.15) is 0 Å². The highest BCUT2D eigenvalue weighted by Crippen LogP contribution is 2.17. The van der Waals surface area contributed by atoms with Gasteiger partial charge in [0.1, 0.15) is 5.75 Å². The first kappa shape index (κ1) is 17.2. The fourth-order valence-corrected chi connectivity index (χ4v) is 3.56. The number of benzene rings is 1. The Labute approximate surface area is 145 Å². The van der Waals surface area contributed by atoms with Crippen LogP contribution < -0.4 is 10.1 Å². The molecule has 2 aliphatic heterocycles. The number of carbonyl (C=O) groups is 1. The zero-order valence-corrected chi connectivity index (χ0v) is 14.7. The second-order valence-corrected chi connectivity index (χ2v) is 6.72. The third kappa shape index (κ3) is 4.48. The summed E-state index contributed by atoms with van der Waals surface area (Å²) in [5.74, 6) is 1.47. The van der Waals surface area contributed by atoms with Crippen LogP contribution in [0.1, 0.15) is 25.3 Å². The van der Waals surface area contributed by atoms with Gasteiger partial charge in [-0.05, 0) is 44.0 Å². The summed E-state index contributed by atoms with van der Waals surface area (Å²) in [7, 11) is 0. The molecule has 2 fully saturated rings. The van der Waals surface area contributed by atoms with E-state index in [-0.39, 0.29) is 5.92 Å². The third-order valence-electron chi connectivity index (χ3n) is 4.97. The van der Waals surface area contributed by atoms with Gasteiger partial charge >= 0.3 is 0 Å². The quantitative estimate of drug-likeness (QED) is 0.892. The third-order valence-corrected chi connectivity index (χ3v) is 4.97. The number of piperazine rings is 1. The van der Waals surface area contributed by atoms with Gasteiger partial charge in [0.25, 0.3) is 0 Å². The maximum Gasteiger partial charge on any atom is 0.227 e. The Balaban J connectivity index is 1.45. The molecule has 5 heteroatoms. The number of hydrogen-bond donors (Lipinski definition) is 1. The van der Waals surface area contributed by atoms with Crippen LogP contribution in [0.2, 0.25) is 0 Å². The van der Waals surface area contributed by atoms with Crippen molar-refractivity contribution < 1.29 is 9.53 Å². The lowest BCUT2D eigenvalue weighted by Crippen LogP contribution is -2.51. The summed E-state index contributed by atoms with van der Waals surface area (Å²) in [6, 6.07) is 8.34. The SMILES string of the molecule is CCOc1ccc(CN2CCN(C(=O)C3CCCNC3)CC2)cc1. The Bertz CT molecular complexity index is 518. The number of hydrogen-bond acceptors (Lipinski definition) is 4. The van der Waals surface area contributed by atoms with Gasteiger partial charge in [0, 0.05) is 39.3 Å². The largest absolute Gasteiger partial charge is 0.494 e. The molecular formula is C19H29N3O2. The van der Waals surface area contributed by atoms with Gasteiger partial charge in [-0.1, -0.05) is 12.1 Å². The van der Waals surface area contributed by atoms with Crippen molar-refractivity contribution in [2.45, 2.75) is 26.3 Å². The summed E-state index contributed by atoms with van der Waals surface area (Å²) in [4.78, 5) is 17.1. The van der Waals surface area contributed by atoms with Gasteiger partial charge < -0.3 is 15.0 Å². The molecule has 0 spiro atoms. The molecule has 2 heterocycles. The van der Waals surface area contributed by atoms with Crippen LogP contribution >= 0.6 is 0 Å². The molecule has 0 bridgehead atoms. The lowest BCUT2D eigenvalue weighted by atomic mass is 9.98. The summed E-state index contributed by atoms with van der Waals surface area (Å²) >= 11 is 0. The van der Waals surface area contributed by atoms with Crippen LogP contribution in [0.15, 0.2) is 24.3 Å². The van der Waals surface area contributed by atoms with Gasteiger partial charge in [-0.15, -0.1) is 0 Å². The first-order chi connectivity index (χ1) is 11.8. The summed E-state index contributed by atoms with van der Waals surface area (Å²) < 4.78 is 5.49. The highest BCUT2D eigenvalue weighted by molar-refractivity contribution is 5.79. The van der Waals surface area contributed by atoms with E-state index in [2.05, 4.69) is 27.2 Å². The monoisotopic (exact) mass is 331 g/mol. The number of nitrogens with zero attached hydrogens (tertiary/aromatic N) is 2. The van der Waals surface area contributed by atoms with Gasteiger partial charge in [0.05, 0.1) is 12.5 Å². The number of carbonyl (C=O) groups excluding carboxylic acids is 1. The first-order valence-corrected chi connectivity index (χ1v) is 9.20. The molecule has 0 saturated carbocycles. The van der Waals surface area contributed by atoms with E-state index in [0.29, 0.717) is 12.5 Å². The molecule has 2 saturated heterocycles. The molecule has 1 unspecified atom stereocenters. The molecule has 1 atom stereocenters. The highest BCUT2D eigenvalue weighted by Gasteiger charge is 2.28. The Morgan fingerprint density at radius 2 is 1.96 bits per heavy atom. The fourth-order valence-electron chi connectivity index (χ4n) is 3.56. The number of piperidine rings is 1. The number of rotatable bonds is 5. The Kier molecular flexibility index (Phi) is 6.10. The Morgan fingerprint density at radius 1 is 1.21 bits per heavy atom. The number of amides is 1. The predicted molar refractivity (Wildman–Crippen MR) is 95.1 cm³/mol. The van der Waals surface area contributed by atoms with Crippen molar-refractivity contribution in [3.8, 4) is 5.75 Å². The molecular weight excluding hydrogens is 302 g/mol. The number of ether oxygens (including phenoxy) is 1. The minimum Gasteiger partial charge on any atom is -0.494 e. The van der Waals surface area contributed by atoms with E-state index in [1.54, 1.807) is 0 Å². The Hall–Kier alpha value is -1.59. The molecule has 24 heavy (non-hydrogen) atoms. The van der Waals surface area contributed by atoms with Gasteiger partial charge in [0.15, 0.2) is 0 Å². The zero-order valence-electron chi connectivity index (χ0n) is 14.7. The first-order valence-electron chi connectivity index (χ1n) is 9.20. The second-order valence-electron chi connectivity index (χ2n) is 6.72. The van der Waals surface area contributed by atoms with Crippen molar-refractivity contribution >= 4 is 5.91 Å². The molecule has 1 N–H and O–H groups in total. The van der Waals surface area contributed by atoms with E-state index < -0.39 is 0 Å². The van der Waals surface area contributed by atoms with Crippen LogP contribution in [0.4, 0.5) is 0 Å². The second kappa shape index (κ2) is 8.49. The van der Waals surface area contributed by atoms with Crippen molar-refractivity contribution in [3.63, 3.8) is 0 Å². The molecule has 2 aliphatic rings. The summed E-state index contributed by atoms with van der Waals surface area (Å²) in [5.41, 5.74) is 1.30. The van der Waals surface area contributed by atoms with Crippen molar-refractivity contribution in [2.75, 3.05) is 45.9 Å². The van der Waals surface area contributed by atoms with Crippen molar-refractivity contribution in [1.29, 1.82) is 0 Å². The summed E-state index contributed by atoms with van der Waals surface area (Å²) in [6.07, 6.45) is 2.16. The fraction of sp³-hybridized carbons (Fsp3) is 0.632. The van der Waals surface area contributed by atoms with Gasteiger partial charge in [-0.3, -0.25) is 9.69 Å². The van der Waals surface area contributed by atoms with Crippen LogP contribution in [0.3, 0.4) is 0 Å². The van der Waals surface area contributed by atoms with E-state index in [4.69, 9.17) is 4.74 Å². The number of nitrogens with one attached hydrogen (secondary N) is 1. The lowest BCUT2D eigenvalue weighted by Gasteiger charge is -2.37. The van der Waals surface area contributed by atoms with Crippen molar-refractivity contribution in [2.24, 2.45) is 5.92 Å². The maximum absolute atomic E-state index is 12.6. The van der Waals surface area contributed by atoms with Crippen LogP contribution in [0, 0.1) is 5.92 Å². The molecule has 0 radical (unpaired) electrons. The molecule has 1 aromatic rings. The molecule has 132 valence electrons. The minimum atomic E-state index is 0.191. The van der Waals surface area contributed by atoms with E-state index in [9.17, 15) is 4.79 Å². The van der Waals surface area contributed by atoms with Crippen LogP contribution in [0.5, 0.6) is 5.75 Å². The van der Waals surface area contributed by atoms with Crippen LogP contribution in [0.25, 0.3) is 0 Å². The van der Waals surface area contributed by atoms with E-state index in [1.165, 1.54) is 5.56 Å². The molecule has 0 aromatic heterocycles. The van der Waals surface area contributed by atoms with Gasteiger partial charge in [0.2, 0.25) is 5.91 Å². The van der Waals surface area contributed by atoms with Crippen molar-refractivity contribution in [3.05, 3.63) is 29.8 Å². The summed E-state index contributed by atoms with van der Waals surface area (Å²) in [6.45, 7) is 9.17. The topological polar surface area (TPSA) is 44.8 Å². The van der Waals surface area contributed by atoms with Crippen molar-refractivity contribution in [1.82, 2.24) is 15.1 Å². The van der Waals surface area contributed by atoms with Gasteiger partial charge in [-0.25, -0.2) is 0 Å². The molecule has 5 nitrogen and oxygen atoms in total. The molecule has 3 rings (SSSR count). The van der Waals surface area contributed by atoms with E-state index in [1.807, 2.05) is 19.1 Å². The molecule has 1 amide bonds. The highest BCUT2D eigenvalue weighted by atomic mass is 16.5. The summed E-state index contributed by atoms with van der Waals surface area (Å²) in [5, 5.41) is 3.34. The molecule has 0 aliphatic carbocycles. The average Bonchev–Trinajstić information content (AvgIpc) is 2.64. The molecule has 1 aromatic carbocycles. The Morgan fingerprint density at radius 3 is 2.58 bits per heavy atom. The maximum atomic E-state index is 12.6. The van der Waals surface area contributed by atoms with E-state index in [0.717, 1.165) is 64.4 Å². The van der Waals surface area contributed by atoms with Crippen LogP contribution in [-0.4, -0.2) is 61.6 Å². The van der Waals surface area contributed by atoms with E-state index >= 15 is 0 Å². The standard InChI is InChI=1S/C19H29N3O2/c1-2-24-18-7-5-16(6-8-18)15-21-10-12-22(13-11-21)19(23)17-4-3-9-20-14-17/h5-8,17,20H,2-4,9-15H2,1H3. The average molecular weight is 331 g/mol. The zero-order chi connectivity index (χ0) is 16.8. The normalized spacial score (nSPS) is 22.4. The predicted octanol–water partition coefficient (Wildman–Crippen LogP) is 1.73.